The van der Waals surface area contributed by atoms with Gasteiger partial charge in [-0.3, -0.25) is 4.90 Å². The lowest BCUT2D eigenvalue weighted by Gasteiger charge is -2.55. The van der Waals surface area contributed by atoms with E-state index in [1.165, 1.54) is 84.1 Å². The third kappa shape index (κ3) is 5.96. The van der Waals surface area contributed by atoms with Crippen molar-refractivity contribution < 1.29 is 0 Å². The van der Waals surface area contributed by atoms with E-state index in [4.69, 9.17) is 0 Å². The fraction of sp³-hybridized carbons (Fsp3) is 1.00. The monoisotopic (exact) mass is 406 g/mol. The maximum atomic E-state index is 3.83. The summed E-state index contributed by atoms with van der Waals surface area (Å²) in [5.41, 5.74) is 1.88. The summed E-state index contributed by atoms with van der Waals surface area (Å²) in [7, 11) is 6.85. The Kier molecular flexibility index (Phi) is 7.10. The van der Waals surface area contributed by atoms with Gasteiger partial charge in [-0.25, -0.2) is 0 Å². The van der Waals surface area contributed by atoms with E-state index in [0.717, 1.165) is 6.54 Å². The molecule has 4 nitrogen and oxygen atoms in total. The summed E-state index contributed by atoms with van der Waals surface area (Å²) in [6.07, 6.45) is 11.2. The lowest BCUT2D eigenvalue weighted by molar-refractivity contribution is -0.00305. The lowest BCUT2D eigenvalue weighted by Crippen LogP contribution is -2.64. The predicted molar refractivity (Wildman–Crippen MR) is 126 cm³/mol. The normalized spacial score (nSPS) is 32.0. The van der Waals surface area contributed by atoms with Crippen LogP contribution in [-0.4, -0.2) is 86.2 Å². The van der Waals surface area contributed by atoms with E-state index in [-0.39, 0.29) is 0 Å². The van der Waals surface area contributed by atoms with Crippen LogP contribution < -0.4 is 5.32 Å². The maximum absolute atomic E-state index is 3.83. The van der Waals surface area contributed by atoms with Gasteiger partial charge in [-0.05, 0) is 64.1 Å². The van der Waals surface area contributed by atoms with Gasteiger partial charge >= 0.3 is 0 Å². The van der Waals surface area contributed by atoms with Crippen LogP contribution >= 0.6 is 0 Å². The van der Waals surface area contributed by atoms with Crippen molar-refractivity contribution in [1.82, 2.24) is 20.0 Å². The van der Waals surface area contributed by atoms with Crippen molar-refractivity contribution in [3.8, 4) is 0 Å². The van der Waals surface area contributed by atoms with Crippen LogP contribution in [0.3, 0.4) is 0 Å². The van der Waals surface area contributed by atoms with Crippen molar-refractivity contribution in [1.29, 1.82) is 0 Å². The smallest absolute Gasteiger partial charge is 0.0333 e. The van der Waals surface area contributed by atoms with E-state index in [0.29, 0.717) is 21.9 Å². The summed E-state index contributed by atoms with van der Waals surface area (Å²) in [6, 6.07) is 0. The van der Waals surface area contributed by atoms with Crippen molar-refractivity contribution in [2.75, 3.05) is 60.4 Å². The lowest BCUT2D eigenvalue weighted by atomic mass is 9.58. The van der Waals surface area contributed by atoms with E-state index in [1.54, 1.807) is 0 Å². The molecule has 2 spiro atoms. The van der Waals surface area contributed by atoms with Crippen molar-refractivity contribution in [2.24, 2.45) is 10.8 Å². The standard InChI is InChI=1S/C14H28N2.C11H22N2/c1-12(2)8-13(3,4)10-14(9-12)11-16(5)7-6-15-14;1-12-8-9-13(2)11(10-12)6-4-3-5-7-11/h15H,6-11H2,1-5H3;3-10H2,1-2H3. The summed E-state index contributed by atoms with van der Waals surface area (Å²) in [4.78, 5) is 7.62. The Morgan fingerprint density at radius 1 is 0.655 bits per heavy atom. The molecule has 4 aliphatic rings. The van der Waals surface area contributed by atoms with Crippen LogP contribution in [0.5, 0.6) is 0 Å². The van der Waals surface area contributed by atoms with Gasteiger partial charge in [-0.15, -0.1) is 0 Å². The average Bonchev–Trinajstić information content (AvgIpc) is 2.56. The Labute approximate surface area is 181 Å². The van der Waals surface area contributed by atoms with Crippen LogP contribution in [0.25, 0.3) is 0 Å². The number of hydrogen-bond acceptors (Lipinski definition) is 4. The number of nitrogens with zero attached hydrogens (tertiary/aromatic N) is 3. The first-order valence-corrected chi connectivity index (χ1v) is 12.3. The first-order valence-electron chi connectivity index (χ1n) is 12.3. The van der Waals surface area contributed by atoms with Crippen LogP contribution in [0.4, 0.5) is 0 Å². The van der Waals surface area contributed by atoms with Gasteiger partial charge in [-0.2, -0.15) is 0 Å². The quantitative estimate of drug-likeness (QED) is 0.655. The molecule has 4 rings (SSSR count). The second-order valence-corrected chi connectivity index (χ2v) is 12.7. The molecule has 0 atom stereocenters. The highest BCUT2D eigenvalue weighted by molar-refractivity contribution is 5.05. The van der Waals surface area contributed by atoms with E-state index < -0.39 is 0 Å². The van der Waals surface area contributed by atoms with Crippen LogP contribution in [0.1, 0.15) is 79.1 Å². The highest BCUT2D eigenvalue weighted by atomic mass is 15.3. The molecule has 29 heavy (non-hydrogen) atoms. The van der Waals surface area contributed by atoms with Gasteiger partial charge in [-0.1, -0.05) is 47.0 Å². The molecule has 0 aromatic heterocycles. The minimum Gasteiger partial charge on any atom is -0.309 e. The summed E-state index contributed by atoms with van der Waals surface area (Å²) >= 11 is 0. The fourth-order valence-corrected chi connectivity index (χ4v) is 7.73. The minimum atomic E-state index is 0.373. The first kappa shape index (κ1) is 23.5. The highest BCUT2D eigenvalue weighted by Crippen LogP contribution is 2.50. The Bertz CT molecular complexity index is 519. The van der Waals surface area contributed by atoms with E-state index >= 15 is 0 Å². The van der Waals surface area contributed by atoms with Crippen LogP contribution in [0, 0.1) is 10.8 Å². The zero-order valence-electron chi connectivity index (χ0n) is 20.7. The van der Waals surface area contributed by atoms with Gasteiger partial charge in [0.15, 0.2) is 0 Å². The Balaban J connectivity index is 0.000000169. The molecule has 2 saturated carbocycles. The molecule has 0 aromatic carbocycles. The van der Waals surface area contributed by atoms with Crippen molar-refractivity contribution in [2.45, 2.75) is 90.1 Å². The zero-order valence-corrected chi connectivity index (χ0v) is 20.7. The molecular formula is C25H50N4. The molecule has 4 fully saturated rings. The highest BCUT2D eigenvalue weighted by Gasteiger charge is 2.48. The number of piperazine rings is 2. The topological polar surface area (TPSA) is 21.8 Å². The number of hydrogen-bond donors (Lipinski definition) is 1. The van der Waals surface area contributed by atoms with Crippen molar-refractivity contribution in [3.05, 3.63) is 0 Å². The van der Waals surface area contributed by atoms with E-state index in [2.05, 4.69) is 68.9 Å². The molecule has 0 radical (unpaired) electrons. The molecule has 0 amide bonds. The van der Waals surface area contributed by atoms with E-state index in [9.17, 15) is 0 Å². The Morgan fingerprint density at radius 3 is 1.83 bits per heavy atom. The maximum Gasteiger partial charge on any atom is 0.0333 e. The van der Waals surface area contributed by atoms with Crippen LogP contribution in [0.2, 0.25) is 0 Å². The van der Waals surface area contributed by atoms with Crippen LogP contribution in [-0.2, 0) is 0 Å². The molecule has 170 valence electrons. The zero-order chi connectivity index (χ0) is 21.3. The van der Waals surface area contributed by atoms with Gasteiger partial charge in [0.05, 0.1) is 0 Å². The number of likely N-dealkylation sites (N-methyl/N-ethyl adjacent to an activating group) is 3. The molecular weight excluding hydrogens is 356 g/mol. The summed E-state index contributed by atoms with van der Waals surface area (Å²) < 4.78 is 0. The van der Waals surface area contributed by atoms with Gasteiger partial charge in [0.25, 0.3) is 0 Å². The second-order valence-electron chi connectivity index (χ2n) is 12.7. The largest absolute Gasteiger partial charge is 0.309 e. The van der Waals surface area contributed by atoms with Gasteiger partial charge < -0.3 is 15.1 Å². The summed E-state index contributed by atoms with van der Waals surface area (Å²) in [5.74, 6) is 0. The predicted octanol–water partition coefficient (Wildman–Crippen LogP) is 4.06. The fourth-order valence-electron chi connectivity index (χ4n) is 7.73. The third-order valence-corrected chi connectivity index (χ3v) is 8.13. The molecule has 1 N–H and O–H groups in total. The molecule has 0 unspecified atom stereocenters. The number of rotatable bonds is 0. The van der Waals surface area contributed by atoms with Gasteiger partial charge in [0.2, 0.25) is 0 Å². The Hall–Kier alpha value is -0.160. The number of nitrogens with one attached hydrogen (secondary N) is 1. The molecule has 2 aliphatic carbocycles. The molecule has 2 heterocycles. The molecule has 2 aliphatic heterocycles. The summed E-state index contributed by atoms with van der Waals surface area (Å²) in [5, 5.41) is 3.83. The first-order chi connectivity index (χ1) is 13.5. The van der Waals surface area contributed by atoms with Crippen molar-refractivity contribution >= 4 is 0 Å². The molecule has 4 heteroatoms. The third-order valence-electron chi connectivity index (χ3n) is 8.13. The van der Waals surface area contributed by atoms with Crippen molar-refractivity contribution in [3.63, 3.8) is 0 Å². The molecule has 2 saturated heterocycles. The summed E-state index contributed by atoms with van der Waals surface area (Å²) in [6.45, 7) is 17.1. The van der Waals surface area contributed by atoms with Gasteiger partial charge in [0.1, 0.15) is 0 Å². The molecule has 0 aromatic rings. The SMILES string of the molecule is CN1CCN(C)C2(CCCCC2)C1.CN1CCNC2(C1)CC(C)(C)CC(C)(C)C2. The van der Waals surface area contributed by atoms with Gasteiger partial charge in [0, 0.05) is 50.3 Å². The average molecular weight is 407 g/mol. The second kappa shape index (κ2) is 8.76. The van der Waals surface area contributed by atoms with Crippen LogP contribution in [0.15, 0.2) is 0 Å². The Morgan fingerprint density at radius 2 is 1.24 bits per heavy atom. The van der Waals surface area contributed by atoms with E-state index in [1.807, 2.05) is 0 Å². The minimum absolute atomic E-state index is 0.373. The molecule has 0 bridgehead atoms.